The molecule has 0 bridgehead atoms. The molecule has 0 fully saturated rings. The van der Waals surface area contributed by atoms with Crippen LogP contribution >= 0.6 is 35.6 Å². The lowest BCUT2D eigenvalue weighted by molar-refractivity contribution is 0.320. The molecule has 0 amide bonds. The summed E-state index contributed by atoms with van der Waals surface area (Å²) in [5.41, 5.74) is 0. The van der Waals surface area contributed by atoms with E-state index in [1.165, 1.54) is 0 Å². The number of ether oxygens (including phenoxy) is 1. The lowest BCUT2D eigenvalue weighted by Crippen LogP contribution is -2.10. The van der Waals surface area contributed by atoms with Gasteiger partial charge in [-0.25, -0.2) is 0 Å². The summed E-state index contributed by atoms with van der Waals surface area (Å²) in [6.45, 7) is 2.21. The maximum Gasteiger partial charge on any atom is 0.214 e. The molecule has 1 N–H and O–H groups in total. The Morgan fingerprint density at radius 1 is 1.67 bits per heavy atom. The van der Waals surface area contributed by atoms with Crippen LogP contribution in [0.3, 0.4) is 0 Å². The van der Waals surface area contributed by atoms with Crippen LogP contribution in [0.25, 0.3) is 0 Å². The van der Waals surface area contributed by atoms with Crippen LogP contribution in [0.4, 0.5) is 0 Å². The zero-order valence-corrected chi connectivity index (χ0v) is 7.19. The Bertz CT molecular complexity index is 85.9. The van der Waals surface area contributed by atoms with E-state index in [1.807, 2.05) is 0 Å². The number of hydrogen-bond acceptors (Lipinski definition) is 2. The normalized spacial score (nSPS) is 8.44. The summed E-state index contributed by atoms with van der Waals surface area (Å²) in [4.78, 5) is -0.824. The van der Waals surface area contributed by atoms with E-state index in [0.29, 0.717) is 6.61 Å². The van der Waals surface area contributed by atoms with Crippen molar-refractivity contribution in [2.45, 2.75) is 11.8 Å². The summed E-state index contributed by atoms with van der Waals surface area (Å²) in [6.07, 6.45) is 0. The summed E-state index contributed by atoms with van der Waals surface area (Å²) < 4.78 is 4.62. The quantitative estimate of drug-likeness (QED) is 0.406. The van der Waals surface area contributed by atoms with Crippen molar-refractivity contribution in [3.8, 4) is 0 Å². The van der Waals surface area contributed by atoms with E-state index in [-0.39, 0.29) is 18.3 Å². The van der Waals surface area contributed by atoms with Crippen molar-refractivity contribution in [1.82, 2.24) is 0 Å². The highest BCUT2D eigenvalue weighted by atomic mass is 35.5. The number of alkyl halides is 2. The maximum atomic E-state index is 6.86. The molecule has 0 saturated heterocycles. The van der Waals surface area contributed by atoms with E-state index in [2.05, 4.69) is 4.74 Å². The number of nitrogens with one attached hydrogen (secondary N) is 1. The molecule has 0 aromatic carbocycles. The van der Waals surface area contributed by atoms with Crippen LogP contribution in [0, 0.1) is 5.41 Å². The molecule has 5 heteroatoms. The molecular weight excluding hydrogens is 184 g/mol. The summed E-state index contributed by atoms with van der Waals surface area (Å²) in [6, 6.07) is 0. The maximum absolute atomic E-state index is 6.86. The van der Waals surface area contributed by atoms with Crippen molar-refractivity contribution < 1.29 is 4.74 Å². The van der Waals surface area contributed by atoms with Crippen molar-refractivity contribution in [2.75, 3.05) is 6.61 Å². The second-order valence-corrected chi connectivity index (χ2v) is 2.19. The first-order chi connectivity index (χ1) is 3.68. The highest BCUT2D eigenvalue weighted by molar-refractivity contribution is 6.53. The van der Waals surface area contributed by atoms with Crippen LogP contribution in [0.15, 0.2) is 0 Å². The van der Waals surface area contributed by atoms with Crippen molar-refractivity contribution in [1.29, 1.82) is 5.41 Å². The highest BCUT2D eigenvalue weighted by Gasteiger charge is 2.05. The lowest BCUT2D eigenvalue weighted by atomic mass is 10.7. The average Bonchev–Trinajstić information content (AvgIpc) is 1.67. The Morgan fingerprint density at radius 3 is 2.22 bits per heavy atom. The zero-order chi connectivity index (χ0) is 6.57. The van der Waals surface area contributed by atoms with Gasteiger partial charge in [-0.15, -0.1) is 12.4 Å². The first-order valence-corrected chi connectivity index (χ1v) is 3.05. The van der Waals surface area contributed by atoms with Crippen molar-refractivity contribution in [3.63, 3.8) is 0 Å². The molecule has 0 atom stereocenters. The average molecular weight is 192 g/mol. The molecule has 0 aliphatic rings. The van der Waals surface area contributed by atoms with E-state index < -0.39 is 4.84 Å². The number of rotatable bonds is 2. The van der Waals surface area contributed by atoms with E-state index in [1.54, 1.807) is 6.92 Å². The Morgan fingerprint density at radius 2 is 2.11 bits per heavy atom. The molecule has 0 radical (unpaired) electrons. The van der Waals surface area contributed by atoms with Crippen LogP contribution in [-0.2, 0) is 4.74 Å². The third kappa shape index (κ3) is 6.22. The molecule has 0 aromatic heterocycles. The SMILES string of the molecule is CCOC(=N)C(Cl)Cl.Cl. The summed E-state index contributed by atoms with van der Waals surface area (Å²) >= 11 is 10.4. The predicted octanol–water partition coefficient (Wildman–Crippen LogP) is 2.23. The summed E-state index contributed by atoms with van der Waals surface area (Å²) in [5, 5.41) is 6.86. The summed E-state index contributed by atoms with van der Waals surface area (Å²) in [7, 11) is 0. The van der Waals surface area contributed by atoms with Gasteiger partial charge in [-0.1, -0.05) is 23.2 Å². The van der Waals surface area contributed by atoms with Crippen LogP contribution in [-0.4, -0.2) is 17.3 Å². The topological polar surface area (TPSA) is 33.1 Å². The third-order valence-corrected chi connectivity index (χ3v) is 0.894. The minimum absolute atomic E-state index is 0. The van der Waals surface area contributed by atoms with Gasteiger partial charge in [0, 0.05) is 0 Å². The second kappa shape index (κ2) is 6.46. The van der Waals surface area contributed by atoms with Gasteiger partial charge in [0.15, 0.2) is 4.84 Å². The minimum Gasteiger partial charge on any atom is -0.479 e. The first kappa shape index (κ1) is 12.1. The molecule has 0 aliphatic heterocycles. The molecule has 0 heterocycles. The number of halogens is 3. The molecule has 0 rings (SSSR count). The van der Waals surface area contributed by atoms with E-state index >= 15 is 0 Å². The second-order valence-electron chi connectivity index (χ2n) is 1.10. The molecule has 2 nitrogen and oxygen atoms in total. The minimum atomic E-state index is -0.824. The Kier molecular flexibility index (Phi) is 8.66. The number of hydrogen-bond donors (Lipinski definition) is 1. The largest absolute Gasteiger partial charge is 0.479 e. The molecule has 0 aromatic rings. The molecule has 0 aliphatic carbocycles. The van der Waals surface area contributed by atoms with Gasteiger partial charge in [-0.3, -0.25) is 5.41 Å². The zero-order valence-electron chi connectivity index (χ0n) is 4.86. The van der Waals surface area contributed by atoms with Gasteiger partial charge >= 0.3 is 0 Å². The van der Waals surface area contributed by atoms with Gasteiger partial charge in [0.05, 0.1) is 6.61 Å². The van der Waals surface area contributed by atoms with Gasteiger partial charge in [-0.05, 0) is 6.92 Å². The van der Waals surface area contributed by atoms with E-state index in [4.69, 9.17) is 28.6 Å². The van der Waals surface area contributed by atoms with Crippen LogP contribution in [0.2, 0.25) is 0 Å². The monoisotopic (exact) mass is 191 g/mol. The van der Waals surface area contributed by atoms with Gasteiger partial charge in [-0.2, -0.15) is 0 Å². The Labute approximate surface area is 70.4 Å². The van der Waals surface area contributed by atoms with Gasteiger partial charge in [0.1, 0.15) is 0 Å². The molecular formula is C4H8Cl3NO. The molecule has 56 valence electrons. The third-order valence-electron chi connectivity index (χ3n) is 0.498. The van der Waals surface area contributed by atoms with E-state index in [9.17, 15) is 0 Å². The van der Waals surface area contributed by atoms with Crippen molar-refractivity contribution in [3.05, 3.63) is 0 Å². The van der Waals surface area contributed by atoms with Crippen molar-refractivity contribution in [2.24, 2.45) is 0 Å². The molecule has 0 spiro atoms. The fourth-order valence-corrected chi connectivity index (χ4v) is 0.344. The van der Waals surface area contributed by atoms with Crippen LogP contribution < -0.4 is 0 Å². The molecule has 0 unspecified atom stereocenters. The molecule has 0 saturated carbocycles. The van der Waals surface area contributed by atoms with Gasteiger partial charge in [0.25, 0.3) is 0 Å². The highest BCUT2D eigenvalue weighted by Crippen LogP contribution is 2.03. The van der Waals surface area contributed by atoms with Crippen molar-refractivity contribution >= 4 is 41.5 Å². The van der Waals surface area contributed by atoms with Crippen LogP contribution in [0.1, 0.15) is 6.92 Å². The van der Waals surface area contributed by atoms with Crippen LogP contribution in [0.5, 0.6) is 0 Å². The standard InChI is InChI=1S/C4H7Cl2NO.ClH/c1-2-8-4(7)3(5)6;/h3,7H,2H2,1H3;1H. The smallest absolute Gasteiger partial charge is 0.214 e. The Balaban J connectivity index is 0. The lowest BCUT2D eigenvalue weighted by Gasteiger charge is -2.02. The first-order valence-electron chi connectivity index (χ1n) is 2.18. The van der Waals surface area contributed by atoms with E-state index in [0.717, 1.165) is 0 Å². The van der Waals surface area contributed by atoms with Gasteiger partial charge in [0.2, 0.25) is 5.90 Å². The fraction of sp³-hybridized carbons (Fsp3) is 0.750. The predicted molar refractivity (Wildman–Crippen MR) is 42.1 cm³/mol. The summed E-state index contributed by atoms with van der Waals surface area (Å²) in [5.74, 6) is -0.0872. The molecule has 9 heavy (non-hydrogen) atoms. The van der Waals surface area contributed by atoms with Gasteiger partial charge < -0.3 is 4.74 Å². The Hall–Kier alpha value is 0.340. The fourth-order valence-electron chi connectivity index (χ4n) is 0.218.